The van der Waals surface area contributed by atoms with E-state index in [9.17, 15) is 0 Å². The first-order valence-electron chi connectivity index (χ1n) is 7.00. The third kappa shape index (κ3) is 2.97. The van der Waals surface area contributed by atoms with Gasteiger partial charge < -0.3 is 16.4 Å². The van der Waals surface area contributed by atoms with Gasteiger partial charge in [-0.15, -0.1) is 0 Å². The minimum atomic E-state index is 0.522. The highest BCUT2D eigenvalue weighted by atomic mass is 32.1. The quantitative estimate of drug-likeness (QED) is 0.725. The lowest BCUT2D eigenvalue weighted by Gasteiger charge is -2.43. The Kier molecular flexibility index (Phi) is 3.55. The number of anilines is 2. The molecular formula is C14H20N4S. The van der Waals surface area contributed by atoms with Gasteiger partial charge in [0.25, 0.3) is 0 Å². The molecule has 2 bridgehead atoms. The summed E-state index contributed by atoms with van der Waals surface area (Å²) in [6.07, 6.45) is 8.50. The Morgan fingerprint density at radius 1 is 1.26 bits per heavy atom. The van der Waals surface area contributed by atoms with Crippen LogP contribution in [0.5, 0.6) is 0 Å². The van der Waals surface area contributed by atoms with Gasteiger partial charge in [0, 0.05) is 6.04 Å². The van der Waals surface area contributed by atoms with Crippen molar-refractivity contribution in [1.82, 2.24) is 10.3 Å². The predicted molar refractivity (Wildman–Crippen MR) is 81.9 cm³/mol. The van der Waals surface area contributed by atoms with Crippen molar-refractivity contribution in [3.8, 4) is 0 Å². The molecule has 1 atom stereocenters. The van der Waals surface area contributed by atoms with Crippen LogP contribution in [-0.2, 0) is 0 Å². The summed E-state index contributed by atoms with van der Waals surface area (Å²) in [5.41, 5.74) is 6.44. The Bertz CT molecular complexity index is 451. The number of rotatable bonds is 2. The Balaban J connectivity index is 1.55. The van der Waals surface area contributed by atoms with Gasteiger partial charge in [0.1, 0.15) is 5.82 Å². The van der Waals surface area contributed by atoms with Gasteiger partial charge in [-0.05, 0) is 55.4 Å². The molecule has 5 heteroatoms. The van der Waals surface area contributed by atoms with Crippen molar-refractivity contribution in [3.63, 3.8) is 0 Å². The molecule has 4 rings (SSSR count). The van der Waals surface area contributed by atoms with Crippen molar-refractivity contribution >= 4 is 28.8 Å². The molecule has 3 aliphatic carbocycles. The van der Waals surface area contributed by atoms with Gasteiger partial charge in [0.2, 0.25) is 0 Å². The molecule has 1 heterocycles. The van der Waals surface area contributed by atoms with Gasteiger partial charge in [0.05, 0.1) is 11.9 Å². The lowest BCUT2D eigenvalue weighted by molar-refractivity contribution is 0.136. The van der Waals surface area contributed by atoms with Crippen LogP contribution in [0.4, 0.5) is 11.5 Å². The van der Waals surface area contributed by atoms with Crippen LogP contribution in [0.15, 0.2) is 18.3 Å². The summed E-state index contributed by atoms with van der Waals surface area (Å²) in [7, 11) is 0. The molecule has 3 fully saturated rings. The fraction of sp³-hybridized carbons (Fsp3) is 0.571. The average Bonchev–Trinajstić information content (AvgIpc) is 2.43. The molecular weight excluding hydrogens is 256 g/mol. The van der Waals surface area contributed by atoms with Gasteiger partial charge >= 0.3 is 0 Å². The Morgan fingerprint density at radius 2 is 2.05 bits per heavy atom. The highest BCUT2D eigenvalue weighted by Gasteiger charge is 2.35. The lowest BCUT2D eigenvalue weighted by atomic mass is 9.68. The molecule has 0 saturated heterocycles. The smallest absolute Gasteiger partial charge is 0.171 e. The highest BCUT2D eigenvalue weighted by molar-refractivity contribution is 7.80. The standard InChI is InChI=1S/C14H20N4S/c15-13-6-5-11(8-16-13)17-14(19)18-12-7-9-1-3-10(12)4-2-9/h5-6,8-10,12H,1-4,7H2,(H2,15,16)(H2,17,18,19)/t9?,10?,12-/m1/s1. The van der Waals surface area contributed by atoms with E-state index in [4.69, 9.17) is 18.0 Å². The van der Waals surface area contributed by atoms with E-state index >= 15 is 0 Å². The Labute approximate surface area is 119 Å². The summed E-state index contributed by atoms with van der Waals surface area (Å²) in [6, 6.07) is 4.21. The third-order valence-corrected chi connectivity index (χ3v) is 4.63. The summed E-state index contributed by atoms with van der Waals surface area (Å²) >= 11 is 5.38. The second-order valence-electron chi connectivity index (χ2n) is 5.69. The predicted octanol–water partition coefficient (Wildman–Crippen LogP) is 2.53. The molecule has 1 aromatic rings. The molecule has 0 unspecified atom stereocenters. The molecule has 1 aromatic heterocycles. The molecule has 0 spiro atoms. The number of aromatic nitrogens is 1. The van der Waals surface area contributed by atoms with E-state index in [0.717, 1.165) is 17.5 Å². The first-order valence-corrected chi connectivity index (χ1v) is 7.40. The van der Waals surface area contributed by atoms with Gasteiger partial charge in [-0.3, -0.25) is 0 Å². The van der Waals surface area contributed by atoms with Crippen LogP contribution in [0.25, 0.3) is 0 Å². The van der Waals surface area contributed by atoms with Crippen LogP contribution in [0, 0.1) is 11.8 Å². The van der Waals surface area contributed by atoms with Gasteiger partial charge in [-0.2, -0.15) is 0 Å². The number of nitrogens with one attached hydrogen (secondary N) is 2. The maximum atomic E-state index is 5.56. The minimum absolute atomic E-state index is 0.522. The number of nitrogens with zero attached hydrogens (tertiary/aromatic N) is 1. The monoisotopic (exact) mass is 276 g/mol. The molecule has 3 saturated carbocycles. The van der Waals surface area contributed by atoms with E-state index in [0.29, 0.717) is 17.0 Å². The molecule has 102 valence electrons. The molecule has 0 radical (unpaired) electrons. The summed E-state index contributed by atoms with van der Waals surface area (Å²) in [5.74, 6) is 2.23. The van der Waals surface area contributed by atoms with E-state index in [1.165, 1.54) is 32.1 Å². The van der Waals surface area contributed by atoms with Crippen molar-refractivity contribution in [3.05, 3.63) is 18.3 Å². The fourth-order valence-electron chi connectivity index (χ4n) is 3.37. The molecule has 4 nitrogen and oxygen atoms in total. The minimum Gasteiger partial charge on any atom is -0.384 e. The Hall–Kier alpha value is -1.36. The van der Waals surface area contributed by atoms with Crippen molar-refractivity contribution in [2.45, 2.75) is 38.1 Å². The molecule has 0 amide bonds. The SMILES string of the molecule is Nc1ccc(NC(=S)N[C@@H]2CC3CCC2CC3)cn1. The number of nitrogen functional groups attached to an aromatic ring is 1. The van der Waals surface area contributed by atoms with Crippen LogP contribution in [0.1, 0.15) is 32.1 Å². The average molecular weight is 276 g/mol. The highest BCUT2D eigenvalue weighted by Crippen LogP contribution is 2.41. The lowest BCUT2D eigenvalue weighted by Crippen LogP contribution is -2.48. The largest absolute Gasteiger partial charge is 0.384 e. The normalized spacial score (nSPS) is 28.9. The van der Waals surface area contributed by atoms with E-state index in [1.807, 2.05) is 6.07 Å². The van der Waals surface area contributed by atoms with Crippen LogP contribution in [0.2, 0.25) is 0 Å². The molecule has 4 N–H and O–H groups in total. The molecule has 3 aliphatic rings. The van der Waals surface area contributed by atoms with Crippen LogP contribution < -0.4 is 16.4 Å². The number of hydrogen-bond acceptors (Lipinski definition) is 3. The molecule has 0 aromatic carbocycles. The molecule has 19 heavy (non-hydrogen) atoms. The number of fused-ring (bicyclic) bond motifs is 3. The maximum absolute atomic E-state index is 5.56. The van der Waals surface area contributed by atoms with Crippen molar-refractivity contribution < 1.29 is 0 Å². The topological polar surface area (TPSA) is 63.0 Å². The second kappa shape index (κ2) is 5.33. The van der Waals surface area contributed by atoms with Crippen LogP contribution >= 0.6 is 12.2 Å². The second-order valence-corrected chi connectivity index (χ2v) is 6.10. The first kappa shape index (κ1) is 12.7. The summed E-state index contributed by atoms with van der Waals surface area (Å²) in [5, 5.41) is 7.35. The maximum Gasteiger partial charge on any atom is 0.171 e. The zero-order chi connectivity index (χ0) is 13.2. The van der Waals surface area contributed by atoms with Crippen LogP contribution in [0.3, 0.4) is 0 Å². The van der Waals surface area contributed by atoms with Crippen molar-refractivity contribution in [1.29, 1.82) is 0 Å². The summed E-state index contributed by atoms with van der Waals surface area (Å²) < 4.78 is 0. The van der Waals surface area contributed by atoms with Gasteiger partial charge in [-0.1, -0.05) is 12.8 Å². The number of hydrogen-bond donors (Lipinski definition) is 3. The van der Waals surface area contributed by atoms with E-state index < -0.39 is 0 Å². The van der Waals surface area contributed by atoms with E-state index in [-0.39, 0.29) is 0 Å². The number of nitrogens with two attached hydrogens (primary N) is 1. The summed E-state index contributed by atoms with van der Waals surface area (Å²) in [6.45, 7) is 0. The Morgan fingerprint density at radius 3 is 2.63 bits per heavy atom. The van der Waals surface area contributed by atoms with Gasteiger partial charge in [-0.25, -0.2) is 4.98 Å². The number of thiocarbonyl (C=S) groups is 1. The van der Waals surface area contributed by atoms with E-state index in [1.54, 1.807) is 12.3 Å². The third-order valence-electron chi connectivity index (χ3n) is 4.41. The summed E-state index contributed by atoms with van der Waals surface area (Å²) in [4.78, 5) is 4.05. The van der Waals surface area contributed by atoms with E-state index in [2.05, 4.69) is 15.6 Å². The van der Waals surface area contributed by atoms with Crippen molar-refractivity contribution in [2.75, 3.05) is 11.1 Å². The van der Waals surface area contributed by atoms with Crippen LogP contribution in [-0.4, -0.2) is 16.1 Å². The fourth-order valence-corrected chi connectivity index (χ4v) is 3.64. The zero-order valence-electron chi connectivity index (χ0n) is 10.9. The van der Waals surface area contributed by atoms with Crippen molar-refractivity contribution in [2.24, 2.45) is 11.8 Å². The first-order chi connectivity index (χ1) is 9.20. The number of pyridine rings is 1. The molecule has 0 aliphatic heterocycles. The van der Waals surface area contributed by atoms with Gasteiger partial charge in [0.15, 0.2) is 5.11 Å². The zero-order valence-corrected chi connectivity index (χ0v) is 11.7.